The molecular weight excluding hydrogens is 295 g/mol. The largest absolute Gasteiger partial charge is 0.492 e. The molecule has 0 bridgehead atoms. The molecule has 7 heteroatoms. The highest BCUT2D eigenvalue weighted by Crippen LogP contribution is 2.32. The smallest absolute Gasteiger partial charge is 0.245 e. The van der Waals surface area contributed by atoms with Gasteiger partial charge in [0.1, 0.15) is 22.0 Å². The fourth-order valence-corrected chi connectivity index (χ4v) is 3.20. The first-order valence-corrected chi connectivity index (χ1v) is 8.09. The van der Waals surface area contributed by atoms with Crippen LogP contribution in [0.2, 0.25) is 0 Å². The van der Waals surface area contributed by atoms with Gasteiger partial charge >= 0.3 is 0 Å². The van der Waals surface area contributed by atoms with Crippen LogP contribution < -0.4 is 9.46 Å². The predicted octanol–water partition coefficient (Wildman–Crippen LogP) is 2.19. The van der Waals surface area contributed by atoms with Crippen LogP contribution in [-0.2, 0) is 10.0 Å². The van der Waals surface area contributed by atoms with Crippen LogP contribution >= 0.6 is 0 Å². The van der Waals surface area contributed by atoms with Crippen molar-refractivity contribution in [1.29, 1.82) is 5.26 Å². The molecule has 1 fully saturated rings. The highest BCUT2D eigenvalue weighted by Gasteiger charge is 2.30. The fourth-order valence-electron chi connectivity index (χ4n) is 1.72. The third kappa shape index (κ3) is 4.16. The monoisotopic (exact) mass is 312 g/mol. The lowest BCUT2D eigenvalue weighted by atomic mass is 10.1. The number of hydrogen-bond acceptors (Lipinski definition) is 4. The molecule has 0 heterocycles. The number of ether oxygens (including phenoxy) is 1. The number of hydrogen-bond donors (Lipinski definition) is 1. The maximum Gasteiger partial charge on any atom is 0.245 e. The van der Waals surface area contributed by atoms with E-state index in [0.29, 0.717) is 12.5 Å². The summed E-state index contributed by atoms with van der Waals surface area (Å²) in [6, 6.07) is 5.18. The van der Waals surface area contributed by atoms with Crippen LogP contribution in [0.3, 0.4) is 0 Å². The summed E-state index contributed by atoms with van der Waals surface area (Å²) in [6.45, 7) is 3.26. The van der Waals surface area contributed by atoms with Crippen molar-refractivity contribution < 1.29 is 17.5 Å². The molecule has 1 aliphatic rings. The van der Waals surface area contributed by atoms with Crippen molar-refractivity contribution in [1.82, 2.24) is 4.72 Å². The topological polar surface area (TPSA) is 79.2 Å². The maximum atomic E-state index is 13.4. The Kier molecular flexibility index (Phi) is 4.21. The summed E-state index contributed by atoms with van der Waals surface area (Å²) in [5, 5.41) is 8.93. The van der Waals surface area contributed by atoms with E-state index < -0.39 is 21.4 Å². The van der Waals surface area contributed by atoms with Crippen molar-refractivity contribution in [3.05, 3.63) is 24.0 Å². The van der Waals surface area contributed by atoms with Gasteiger partial charge in [-0.3, -0.25) is 0 Å². The van der Waals surface area contributed by atoms with E-state index in [1.807, 2.05) is 6.07 Å². The second-order valence-electron chi connectivity index (χ2n) is 5.69. The molecule has 0 radical (unpaired) electrons. The molecule has 1 aliphatic carbocycles. The zero-order valence-corrected chi connectivity index (χ0v) is 12.7. The van der Waals surface area contributed by atoms with Gasteiger partial charge in [0.2, 0.25) is 10.0 Å². The van der Waals surface area contributed by atoms with Crippen LogP contribution in [0.15, 0.2) is 23.1 Å². The van der Waals surface area contributed by atoms with Gasteiger partial charge in [-0.1, -0.05) is 0 Å². The van der Waals surface area contributed by atoms with E-state index in [4.69, 9.17) is 10.00 Å². The summed E-state index contributed by atoms with van der Waals surface area (Å²) < 4.78 is 45.8. The van der Waals surface area contributed by atoms with Crippen molar-refractivity contribution >= 4 is 10.0 Å². The van der Waals surface area contributed by atoms with Crippen LogP contribution in [0.1, 0.15) is 26.7 Å². The van der Waals surface area contributed by atoms with E-state index in [-0.39, 0.29) is 10.6 Å². The highest BCUT2D eigenvalue weighted by molar-refractivity contribution is 7.89. The summed E-state index contributed by atoms with van der Waals surface area (Å²) in [7, 11) is -4.05. The van der Waals surface area contributed by atoms with E-state index in [9.17, 15) is 12.8 Å². The van der Waals surface area contributed by atoms with E-state index >= 15 is 0 Å². The summed E-state index contributed by atoms with van der Waals surface area (Å²) >= 11 is 0. The molecule has 0 unspecified atom stereocenters. The Morgan fingerprint density at radius 2 is 2.14 bits per heavy atom. The zero-order valence-electron chi connectivity index (χ0n) is 11.9. The second-order valence-corrected chi connectivity index (χ2v) is 7.34. The van der Waals surface area contributed by atoms with Crippen molar-refractivity contribution in [2.24, 2.45) is 5.92 Å². The quantitative estimate of drug-likeness (QED) is 0.873. The van der Waals surface area contributed by atoms with E-state index in [2.05, 4.69) is 4.72 Å². The number of nitrogens with one attached hydrogen (secondary N) is 1. The lowest BCUT2D eigenvalue weighted by Crippen LogP contribution is -2.42. The predicted molar refractivity (Wildman–Crippen MR) is 74.6 cm³/mol. The maximum absolute atomic E-state index is 13.4. The van der Waals surface area contributed by atoms with Crippen LogP contribution in [0.4, 0.5) is 4.39 Å². The number of nitriles is 1. The molecule has 0 saturated heterocycles. The van der Waals surface area contributed by atoms with Gasteiger partial charge in [-0.2, -0.15) is 9.98 Å². The molecule has 0 atom stereocenters. The number of halogens is 1. The molecular formula is C14H17FN2O3S. The van der Waals surface area contributed by atoms with Gasteiger partial charge in [0.05, 0.1) is 12.7 Å². The third-order valence-electron chi connectivity index (χ3n) is 3.04. The first kappa shape index (κ1) is 15.7. The third-order valence-corrected chi connectivity index (χ3v) is 4.71. The lowest BCUT2D eigenvalue weighted by molar-refractivity contribution is 0.291. The lowest BCUT2D eigenvalue weighted by Gasteiger charge is -2.19. The van der Waals surface area contributed by atoms with Crippen molar-refractivity contribution in [2.45, 2.75) is 37.1 Å². The van der Waals surface area contributed by atoms with Gasteiger partial charge in [0.25, 0.3) is 0 Å². The molecule has 114 valence electrons. The Balaban J connectivity index is 2.31. The summed E-state index contributed by atoms with van der Waals surface area (Å²) in [4.78, 5) is -0.286. The SMILES string of the molecule is CC(C)(C#N)NS(=O)(=O)c1cc(F)ccc1OCC1CC1. The van der Waals surface area contributed by atoms with Gasteiger partial charge < -0.3 is 4.74 Å². The van der Waals surface area contributed by atoms with Crippen LogP contribution in [-0.4, -0.2) is 20.6 Å². The molecule has 0 aliphatic heterocycles. The van der Waals surface area contributed by atoms with Crippen molar-refractivity contribution in [3.63, 3.8) is 0 Å². The fraction of sp³-hybridized carbons (Fsp3) is 0.500. The molecule has 1 aromatic carbocycles. The number of nitrogens with zero attached hydrogens (tertiary/aromatic N) is 1. The van der Waals surface area contributed by atoms with Gasteiger partial charge in [-0.15, -0.1) is 0 Å². The number of benzene rings is 1. The first-order valence-electron chi connectivity index (χ1n) is 6.61. The Bertz CT molecular complexity index is 676. The molecule has 1 aromatic rings. The van der Waals surface area contributed by atoms with E-state index in [1.54, 1.807) is 0 Å². The Morgan fingerprint density at radius 3 is 2.71 bits per heavy atom. The number of rotatable bonds is 6. The van der Waals surface area contributed by atoms with E-state index in [0.717, 1.165) is 25.0 Å². The summed E-state index contributed by atoms with van der Waals surface area (Å²) in [5.74, 6) is -0.137. The van der Waals surface area contributed by atoms with Gasteiger partial charge in [-0.25, -0.2) is 12.8 Å². The normalized spacial score (nSPS) is 15.5. The minimum Gasteiger partial charge on any atom is -0.492 e. The minimum atomic E-state index is -4.05. The Morgan fingerprint density at radius 1 is 1.48 bits per heavy atom. The van der Waals surface area contributed by atoms with Crippen molar-refractivity contribution in [2.75, 3.05) is 6.61 Å². The molecule has 0 spiro atoms. The molecule has 0 aromatic heterocycles. The Labute approximate surface area is 123 Å². The van der Waals surface area contributed by atoms with Crippen LogP contribution in [0, 0.1) is 23.1 Å². The first-order chi connectivity index (χ1) is 9.73. The molecule has 5 nitrogen and oxygen atoms in total. The minimum absolute atomic E-state index is 0.101. The molecule has 1 saturated carbocycles. The molecule has 0 amide bonds. The van der Waals surface area contributed by atoms with Gasteiger partial charge in [0.15, 0.2) is 0 Å². The van der Waals surface area contributed by atoms with Crippen LogP contribution in [0.25, 0.3) is 0 Å². The Hall–Kier alpha value is -1.65. The molecule has 21 heavy (non-hydrogen) atoms. The second kappa shape index (κ2) is 5.62. The summed E-state index contributed by atoms with van der Waals surface area (Å²) in [6.07, 6.45) is 2.12. The zero-order chi connectivity index (χ0) is 15.7. The van der Waals surface area contributed by atoms with Crippen molar-refractivity contribution in [3.8, 4) is 11.8 Å². The average Bonchev–Trinajstić information content (AvgIpc) is 3.20. The standard InChI is InChI=1S/C14H17FN2O3S/c1-14(2,9-16)17-21(18,19)13-7-11(15)5-6-12(13)20-8-10-3-4-10/h5-7,10,17H,3-4,8H2,1-2H3. The molecule has 1 N–H and O–H groups in total. The van der Waals surface area contributed by atoms with E-state index in [1.165, 1.54) is 19.9 Å². The van der Waals surface area contributed by atoms with Gasteiger partial charge in [0, 0.05) is 0 Å². The van der Waals surface area contributed by atoms with Crippen LogP contribution in [0.5, 0.6) is 5.75 Å². The molecule has 2 rings (SSSR count). The summed E-state index contributed by atoms with van der Waals surface area (Å²) in [5.41, 5.74) is -1.29. The van der Waals surface area contributed by atoms with Gasteiger partial charge in [-0.05, 0) is 50.8 Å². The highest BCUT2D eigenvalue weighted by atomic mass is 32.2. The number of sulfonamides is 1. The average molecular weight is 312 g/mol.